The van der Waals surface area contributed by atoms with Crippen LogP contribution in [0, 0.1) is 0 Å². The molecule has 0 atom stereocenters. The van der Waals surface area contributed by atoms with Crippen molar-refractivity contribution >= 4 is 10.2 Å². The Bertz CT molecular complexity index is 606. The monoisotopic (exact) mass is 351 g/mol. The van der Waals surface area contributed by atoms with Gasteiger partial charge in [-0.2, -0.15) is 17.0 Å². The summed E-state index contributed by atoms with van der Waals surface area (Å²) in [5.41, 5.74) is 1.29. The first-order valence-corrected chi connectivity index (χ1v) is 10.5. The van der Waals surface area contributed by atoms with E-state index in [4.69, 9.17) is 0 Å². The Balaban J connectivity index is 1.55. The van der Waals surface area contributed by atoms with Crippen molar-refractivity contribution < 1.29 is 8.42 Å². The van der Waals surface area contributed by atoms with E-state index in [-0.39, 0.29) is 6.04 Å². The lowest BCUT2D eigenvalue weighted by Gasteiger charge is -2.38. The van der Waals surface area contributed by atoms with Gasteiger partial charge in [-0.3, -0.25) is 4.90 Å². The second-order valence-electron chi connectivity index (χ2n) is 6.98. The molecule has 1 saturated carbocycles. The zero-order valence-corrected chi connectivity index (χ0v) is 15.4. The van der Waals surface area contributed by atoms with Gasteiger partial charge in [-0.05, 0) is 18.4 Å². The van der Waals surface area contributed by atoms with Gasteiger partial charge in [-0.25, -0.2) is 0 Å². The minimum atomic E-state index is -3.32. The molecule has 2 aliphatic rings. The van der Waals surface area contributed by atoms with E-state index in [2.05, 4.69) is 29.2 Å². The minimum Gasteiger partial charge on any atom is -0.296 e. The van der Waals surface area contributed by atoms with E-state index >= 15 is 0 Å². The summed E-state index contributed by atoms with van der Waals surface area (Å²) in [5.74, 6) is 0. The molecule has 24 heavy (non-hydrogen) atoms. The van der Waals surface area contributed by atoms with Crippen molar-refractivity contribution in [2.24, 2.45) is 0 Å². The number of hydrogen-bond donors (Lipinski definition) is 0. The third-order valence-corrected chi connectivity index (χ3v) is 7.40. The molecule has 0 N–H and O–H groups in total. The molecule has 0 amide bonds. The molecule has 0 aromatic heterocycles. The van der Waals surface area contributed by atoms with Crippen LogP contribution >= 0.6 is 0 Å². The van der Waals surface area contributed by atoms with Crippen molar-refractivity contribution in [1.82, 2.24) is 13.5 Å². The summed E-state index contributed by atoms with van der Waals surface area (Å²) < 4.78 is 29.1. The highest BCUT2D eigenvalue weighted by Crippen LogP contribution is 2.25. The van der Waals surface area contributed by atoms with Gasteiger partial charge in [0.2, 0.25) is 0 Å². The summed E-state index contributed by atoms with van der Waals surface area (Å²) >= 11 is 0. The SMILES string of the molecule is CN(C1CCCCC1)S(=O)(=O)N1CCN(Cc2ccccc2)CC1. The molecular weight excluding hydrogens is 322 g/mol. The predicted octanol–water partition coefficient (Wildman–Crippen LogP) is 2.31. The Hall–Kier alpha value is -0.950. The second kappa shape index (κ2) is 7.95. The molecule has 0 radical (unpaired) electrons. The second-order valence-corrected chi connectivity index (χ2v) is 8.96. The van der Waals surface area contributed by atoms with Crippen molar-refractivity contribution in [2.45, 2.75) is 44.7 Å². The molecule has 0 unspecified atom stereocenters. The quantitative estimate of drug-likeness (QED) is 0.818. The fraction of sp³-hybridized carbons (Fsp3) is 0.667. The van der Waals surface area contributed by atoms with Gasteiger partial charge in [0.1, 0.15) is 0 Å². The van der Waals surface area contributed by atoms with Crippen LogP contribution in [0.1, 0.15) is 37.7 Å². The lowest BCUT2D eigenvalue weighted by atomic mass is 9.96. The van der Waals surface area contributed by atoms with E-state index in [0.717, 1.165) is 45.3 Å². The maximum absolute atomic E-state index is 12.9. The zero-order valence-electron chi connectivity index (χ0n) is 14.6. The van der Waals surface area contributed by atoms with Gasteiger partial charge >= 0.3 is 0 Å². The van der Waals surface area contributed by atoms with Crippen molar-refractivity contribution in [3.63, 3.8) is 0 Å². The maximum Gasteiger partial charge on any atom is 0.282 e. The van der Waals surface area contributed by atoms with Crippen LogP contribution in [0.4, 0.5) is 0 Å². The van der Waals surface area contributed by atoms with Crippen molar-refractivity contribution in [3.8, 4) is 0 Å². The average molecular weight is 352 g/mol. The fourth-order valence-electron chi connectivity index (χ4n) is 3.78. The molecular formula is C18H29N3O2S. The molecule has 1 aromatic carbocycles. The molecule has 0 spiro atoms. The number of benzene rings is 1. The smallest absolute Gasteiger partial charge is 0.282 e. The largest absolute Gasteiger partial charge is 0.296 e. The highest BCUT2D eigenvalue weighted by molar-refractivity contribution is 7.86. The number of rotatable bonds is 5. The van der Waals surface area contributed by atoms with Crippen LogP contribution in [0.25, 0.3) is 0 Å². The first kappa shape index (κ1) is 17.9. The lowest BCUT2D eigenvalue weighted by molar-refractivity contribution is 0.170. The topological polar surface area (TPSA) is 43.9 Å². The molecule has 5 nitrogen and oxygen atoms in total. The van der Waals surface area contributed by atoms with Gasteiger partial charge in [-0.1, -0.05) is 49.6 Å². The molecule has 134 valence electrons. The minimum absolute atomic E-state index is 0.186. The van der Waals surface area contributed by atoms with E-state index < -0.39 is 10.2 Å². The molecule has 1 aromatic rings. The Labute approximate surface area is 146 Å². The zero-order chi connectivity index (χ0) is 17.0. The van der Waals surface area contributed by atoms with Crippen LogP contribution in [0.3, 0.4) is 0 Å². The average Bonchev–Trinajstić information content (AvgIpc) is 2.63. The van der Waals surface area contributed by atoms with Gasteiger partial charge < -0.3 is 0 Å². The molecule has 1 heterocycles. The molecule has 0 bridgehead atoms. The van der Waals surface area contributed by atoms with Gasteiger partial charge in [-0.15, -0.1) is 0 Å². The third kappa shape index (κ3) is 4.17. The van der Waals surface area contributed by atoms with Crippen molar-refractivity contribution in [3.05, 3.63) is 35.9 Å². The Morgan fingerprint density at radius 1 is 1.00 bits per heavy atom. The summed E-state index contributed by atoms with van der Waals surface area (Å²) in [7, 11) is -1.55. The van der Waals surface area contributed by atoms with Gasteiger partial charge in [0, 0.05) is 45.8 Å². The fourth-order valence-corrected chi connectivity index (χ4v) is 5.35. The summed E-state index contributed by atoms with van der Waals surface area (Å²) in [6.45, 7) is 3.67. The van der Waals surface area contributed by atoms with Crippen LogP contribution < -0.4 is 0 Å². The highest BCUT2D eigenvalue weighted by atomic mass is 32.2. The number of piperazine rings is 1. The Morgan fingerprint density at radius 2 is 1.62 bits per heavy atom. The number of nitrogens with zero attached hydrogens (tertiary/aromatic N) is 3. The molecule has 6 heteroatoms. The normalized spacial score (nSPS) is 22.1. The van der Waals surface area contributed by atoms with Gasteiger partial charge in [0.15, 0.2) is 0 Å². The summed E-state index contributed by atoms with van der Waals surface area (Å²) in [5, 5.41) is 0. The van der Waals surface area contributed by atoms with Crippen molar-refractivity contribution in [2.75, 3.05) is 33.2 Å². The number of hydrogen-bond acceptors (Lipinski definition) is 3. The third-order valence-electron chi connectivity index (χ3n) is 5.36. The van der Waals surface area contributed by atoms with Gasteiger partial charge in [0.25, 0.3) is 10.2 Å². The van der Waals surface area contributed by atoms with Crippen LogP contribution in [-0.2, 0) is 16.8 Å². The van der Waals surface area contributed by atoms with E-state index in [1.54, 1.807) is 15.7 Å². The highest BCUT2D eigenvalue weighted by Gasteiger charge is 2.34. The van der Waals surface area contributed by atoms with Crippen LogP contribution in [0.5, 0.6) is 0 Å². The Morgan fingerprint density at radius 3 is 2.25 bits per heavy atom. The van der Waals surface area contributed by atoms with Crippen LogP contribution in [0.2, 0.25) is 0 Å². The van der Waals surface area contributed by atoms with Crippen LogP contribution in [0.15, 0.2) is 30.3 Å². The Kier molecular flexibility index (Phi) is 5.92. The van der Waals surface area contributed by atoms with Gasteiger partial charge in [0.05, 0.1) is 0 Å². The first-order valence-electron chi connectivity index (χ1n) is 9.07. The maximum atomic E-state index is 12.9. The standard InChI is InChI=1S/C18H29N3O2S/c1-19(18-10-6-3-7-11-18)24(22,23)21-14-12-20(13-15-21)16-17-8-4-2-5-9-17/h2,4-5,8-9,18H,3,6-7,10-16H2,1H3. The summed E-state index contributed by atoms with van der Waals surface area (Å²) in [6.07, 6.45) is 5.54. The molecule has 3 rings (SSSR count). The van der Waals surface area contributed by atoms with E-state index in [1.165, 1.54) is 12.0 Å². The first-order chi connectivity index (χ1) is 11.6. The molecule has 1 aliphatic carbocycles. The molecule has 1 saturated heterocycles. The van der Waals surface area contributed by atoms with Crippen LogP contribution in [-0.4, -0.2) is 61.2 Å². The van der Waals surface area contributed by atoms with E-state index in [1.807, 2.05) is 6.07 Å². The summed E-state index contributed by atoms with van der Waals surface area (Å²) in [4.78, 5) is 2.34. The van der Waals surface area contributed by atoms with E-state index in [9.17, 15) is 8.42 Å². The molecule has 2 fully saturated rings. The van der Waals surface area contributed by atoms with Crippen molar-refractivity contribution in [1.29, 1.82) is 0 Å². The predicted molar refractivity (Wildman–Crippen MR) is 96.8 cm³/mol. The van der Waals surface area contributed by atoms with E-state index in [0.29, 0.717) is 13.1 Å². The molecule has 1 aliphatic heterocycles. The lowest BCUT2D eigenvalue weighted by Crippen LogP contribution is -2.54. The summed E-state index contributed by atoms with van der Waals surface area (Å²) in [6, 6.07) is 10.6.